The first-order valence-corrected chi connectivity index (χ1v) is 11.8. The number of aromatic amines is 2. The number of nitrogens with zero attached hydrogens (tertiary/aromatic N) is 3. The Labute approximate surface area is 198 Å². The molecule has 0 aliphatic heterocycles. The molecule has 0 unspecified atom stereocenters. The van der Waals surface area contributed by atoms with Gasteiger partial charge in [-0.15, -0.1) is 11.3 Å². The van der Waals surface area contributed by atoms with Crippen molar-refractivity contribution in [1.82, 2.24) is 25.1 Å². The Morgan fingerprint density at radius 2 is 1.88 bits per heavy atom. The molecular weight excluding hydrogens is 444 g/mol. The van der Waals surface area contributed by atoms with Gasteiger partial charge in [-0.3, -0.25) is 19.9 Å². The molecule has 7 nitrogen and oxygen atoms in total. The molecule has 6 aromatic rings. The number of aromatic nitrogens is 5. The summed E-state index contributed by atoms with van der Waals surface area (Å²) in [5.41, 5.74) is 7.37. The summed E-state index contributed by atoms with van der Waals surface area (Å²) in [5.74, 6) is -0.0401. The number of hydrogen-bond donors (Lipinski definition) is 3. The van der Waals surface area contributed by atoms with Crippen LogP contribution < -0.4 is 5.32 Å². The molecule has 0 saturated heterocycles. The van der Waals surface area contributed by atoms with Crippen LogP contribution in [-0.4, -0.2) is 31.1 Å². The van der Waals surface area contributed by atoms with Crippen molar-refractivity contribution in [3.8, 4) is 33.0 Å². The molecule has 1 aromatic carbocycles. The third-order valence-corrected chi connectivity index (χ3v) is 6.73. The Kier molecular flexibility index (Phi) is 4.92. The number of H-pyrrole nitrogens is 2. The van der Waals surface area contributed by atoms with Gasteiger partial charge >= 0.3 is 0 Å². The van der Waals surface area contributed by atoms with Gasteiger partial charge in [0.2, 0.25) is 5.91 Å². The normalized spacial score (nSPS) is 11.3. The fourth-order valence-electron chi connectivity index (χ4n) is 4.12. The second-order valence-electron chi connectivity index (χ2n) is 8.01. The number of pyridine rings is 2. The standard InChI is InChI=1S/C26H20N6OS/c1-2-25(33)29-17-8-16(11-27-12-17)15-5-6-21-19(9-15)26(32-31-21)22-10-18-20(24-4-3-7-34-24)13-28-14-23(18)30-22/h3-14,30H,2H2,1H3,(H,29,33)(H,31,32). The molecule has 0 aliphatic carbocycles. The number of hydrogen-bond acceptors (Lipinski definition) is 5. The Morgan fingerprint density at radius 1 is 0.971 bits per heavy atom. The van der Waals surface area contributed by atoms with Crippen molar-refractivity contribution in [3.63, 3.8) is 0 Å². The zero-order chi connectivity index (χ0) is 23.1. The molecule has 0 atom stereocenters. The van der Waals surface area contributed by atoms with Crippen LogP contribution in [0.25, 0.3) is 54.8 Å². The van der Waals surface area contributed by atoms with Crippen LogP contribution in [0.4, 0.5) is 5.69 Å². The number of fused-ring (bicyclic) bond motifs is 2. The summed E-state index contributed by atoms with van der Waals surface area (Å²) in [7, 11) is 0. The minimum atomic E-state index is -0.0401. The Morgan fingerprint density at radius 3 is 2.74 bits per heavy atom. The fourth-order valence-corrected chi connectivity index (χ4v) is 4.87. The number of nitrogens with one attached hydrogen (secondary N) is 3. The zero-order valence-corrected chi connectivity index (χ0v) is 19.1. The third-order valence-electron chi connectivity index (χ3n) is 5.83. The predicted octanol–water partition coefficient (Wildman–Crippen LogP) is 6.25. The van der Waals surface area contributed by atoms with Crippen LogP contribution in [-0.2, 0) is 4.79 Å². The highest BCUT2D eigenvalue weighted by molar-refractivity contribution is 7.13. The summed E-state index contributed by atoms with van der Waals surface area (Å²) in [6.07, 6.45) is 7.62. The van der Waals surface area contributed by atoms with Gasteiger partial charge in [0.05, 0.1) is 34.8 Å². The smallest absolute Gasteiger partial charge is 0.224 e. The van der Waals surface area contributed by atoms with Crippen molar-refractivity contribution >= 4 is 44.7 Å². The van der Waals surface area contributed by atoms with E-state index >= 15 is 0 Å². The topological polar surface area (TPSA) is 99.3 Å². The van der Waals surface area contributed by atoms with Gasteiger partial charge in [0.25, 0.3) is 0 Å². The summed E-state index contributed by atoms with van der Waals surface area (Å²) in [4.78, 5) is 25.2. The number of amides is 1. The Hall–Kier alpha value is -4.30. The Balaban J connectivity index is 1.43. The van der Waals surface area contributed by atoms with Crippen molar-refractivity contribution < 1.29 is 4.79 Å². The van der Waals surface area contributed by atoms with Gasteiger partial charge in [0, 0.05) is 45.6 Å². The maximum absolute atomic E-state index is 11.8. The van der Waals surface area contributed by atoms with Crippen molar-refractivity contribution in [1.29, 1.82) is 0 Å². The molecule has 166 valence electrons. The van der Waals surface area contributed by atoms with Gasteiger partial charge in [-0.2, -0.15) is 5.10 Å². The lowest BCUT2D eigenvalue weighted by Gasteiger charge is -2.06. The highest BCUT2D eigenvalue weighted by atomic mass is 32.1. The molecule has 1 amide bonds. The number of rotatable bonds is 5. The summed E-state index contributed by atoms with van der Waals surface area (Å²) < 4.78 is 0. The van der Waals surface area contributed by atoms with Crippen LogP contribution in [0.2, 0.25) is 0 Å². The summed E-state index contributed by atoms with van der Waals surface area (Å²) in [6, 6.07) is 14.4. The van der Waals surface area contributed by atoms with E-state index in [4.69, 9.17) is 0 Å². The van der Waals surface area contributed by atoms with Crippen LogP contribution >= 0.6 is 11.3 Å². The minimum Gasteiger partial charge on any atom is -0.352 e. The van der Waals surface area contributed by atoms with E-state index < -0.39 is 0 Å². The molecule has 0 fully saturated rings. The number of carbonyl (C=O) groups is 1. The van der Waals surface area contributed by atoms with Crippen LogP contribution in [0.3, 0.4) is 0 Å². The molecule has 6 rings (SSSR count). The van der Waals surface area contributed by atoms with Gasteiger partial charge in [-0.05, 0) is 41.3 Å². The van der Waals surface area contributed by atoms with E-state index in [2.05, 4.69) is 54.0 Å². The van der Waals surface area contributed by atoms with Crippen molar-refractivity contribution in [2.75, 3.05) is 5.32 Å². The summed E-state index contributed by atoms with van der Waals surface area (Å²) >= 11 is 1.70. The molecule has 5 heterocycles. The van der Waals surface area contributed by atoms with Crippen LogP contribution in [0.5, 0.6) is 0 Å². The van der Waals surface area contributed by atoms with E-state index in [0.717, 1.165) is 49.9 Å². The molecular formula is C26H20N6OS. The van der Waals surface area contributed by atoms with Gasteiger partial charge in [-0.25, -0.2) is 0 Å². The molecule has 3 N–H and O–H groups in total. The van der Waals surface area contributed by atoms with Gasteiger partial charge < -0.3 is 10.3 Å². The first kappa shape index (κ1) is 20.3. The van der Waals surface area contributed by atoms with Gasteiger partial charge in [-0.1, -0.05) is 19.1 Å². The maximum Gasteiger partial charge on any atom is 0.224 e. The third kappa shape index (κ3) is 3.54. The second kappa shape index (κ2) is 8.24. The lowest BCUT2D eigenvalue weighted by atomic mass is 10.0. The molecule has 0 aliphatic rings. The van der Waals surface area contributed by atoms with Crippen LogP contribution in [0, 0.1) is 0 Å². The highest BCUT2D eigenvalue weighted by Gasteiger charge is 2.15. The average molecular weight is 465 g/mol. The Bertz CT molecular complexity index is 1650. The first-order valence-electron chi connectivity index (χ1n) is 10.9. The van der Waals surface area contributed by atoms with Crippen molar-refractivity contribution in [2.45, 2.75) is 13.3 Å². The average Bonchev–Trinajstić information content (AvgIpc) is 3.62. The van der Waals surface area contributed by atoms with Gasteiger partial charge in [0.15, 0.2) is 0 Å². The van der Waals surface area contributed by atoms with E-state index in [0.29, 0.717) is 12.1 Å². The van der Waals surface area contributed by atoms with E-state index in [1.165, 1.54) is 4.88 Å². The molecule has 5 aromatic heterocycles. The molecule has 0 spiro atoms. The minimum absolute atomic E-state index is 0.0401. The number of carbonyl (C=O) groups excluding carboxylic acids is 1. The molecule has 0 bridgehead atoms. The summed E-state index contributed by atoms with van der Waals surface area (Å²) in [6.45, 7) is 1.82. The second-order valence-corrected chi connectivity index (χ2v) is 8.95. The van der Waals surface area contributed by atoms with Crippen molar-refractivity contribution in [3.05, 3.63) is 72.6 Å². The monoisotopic (exact) mass is 464 g/mol. The first-order chi connectivity index (χ1) is 16.7. The number of benzene rings is 1. The molecule has 34 heavy (non-hydrogen) atoms. The lowest BCUT2D eigenvalue weighted by molar-refractivity contribution is -0.115. The largest absolute Gasteiger partial charge is 0.352 e. The summed E-state index contributed by atoms with van der Waals surface area (Å²) in [5, 5.41) is 14.8. The van der Waals surface area contributed by atoms with Gasteiger partial charge in [0.1, 0.15) is 5.69 Å². The SMILES string of the molecule is CCC(=O)Nc1cncc(-c2ccc3[nH]nc(-c4cc5c(-c6cccs6)cncc5[nH]4)c3c2)c1. The van der Waals surface area contributed by atoms with Crippen molar-refractivity contribution in [2.24, 2.45) is 0 Å². The van der Waals surface area contributed by atoms with E-state index in [1.807, 2.05) is 43.6 Å². The lowest BCUT2D eigenvalue weighted by Crippen LogP contribution is -2.09. The predicted molar refractivity (Wildman–Crippen MR) is 137 cm³/mol. The quantitative estimate of drug-likeness (QED) is 0.281. The van der Waals surface area contributed by atoms with E-state index in [-0.39, 0.29) is 5.91 Å². The van der Waals surface area contributed by atoms with Crippen LogP contribution in [0.15, 0.2) is 72.6 Å². The molecule has 8 heteroatoms. The van der Waals surface area contributed by atoms with E-state index in [9.17, 15) is 4.79 Å². The molecule has 0 saturated carbocycles. The van der Waals surface area contributed by atoms with Crippen LogP contribution in [0.1, 0.15) is 13.3 Å². The van der Waals surface area contributed by atoms with E-state index in [1.54, 1.807) is 23.7 Å². The fraction of sp³-hybridized carbons (Fsp3) is 0.0769. The maximum atomic E-state index is 11.8. The molecule has 0 radical (unpaired) electrons. The number of anilines is 1. The highest BCUT2D eigenvalue weighted by Crippen LogP contribution is 2.36. The zero-order valence-electron chi connectivity index (χ0n) is 18.3. The number of thiophene rings is 1.